The van der Waals surface area contributed by atoms with Gasteiger partial charge in [-0.1, -0.05) is 13.3 Å². The van der Waals surface area contributed by atoms with E-state index in [0.717, 1.165) is 32.3 Å². The van der Waals surface area contributed by atoms with Gasteiger partial charge in [0.1, 0.15) is 5.92 Å². The highest BCUT2D eigenvalue weighted by molar-refractivity contribution is 5.80. The molecule has 1 amide bonds. The maximum atomic E-state index is 11.6. The molecule has 4 heteroatoms. The van der Waals surface area contributed by atoms with Crippen molar-refractivity contribution in [3.8, 4) is 6.07 Å². The summed E-state index contributed by atoms with van der Waals surface area (Å²) in [6.45, 7) is 3.31. The summed E-state index contributed by atoms with van der Waals surface area (Å²) in [6.07, 6.45) is 4.90. The van der Waals surface area contributed by atoms with E-state index < -0.39 is 5.92 Å². The molecule has 1 saturated heterocycles. The number of nitriles is 1. The number of nitrogens with one attached hydrogen (secondary N) is 1. The third-order valence-electron chi connectivity index (χ3n) is 2.83. The van der Waals surface area contributed by atoms with E-state index in [1.165, 1.54) is 0 Å². The predicted molar refractivity (Wildman–Crippen MR) is 60.6 cm³/mol. The van der Waals surface area contributed by atoms with Gasteiger partial charge >= 0.3 is 0 Å². The van der Waals surface area contributed by atoms with Crippen LogP contribution in [0.3, 0.4) is 0 Å². The highest BCUT2D eigenvalue weighted by atomic mass is 16.5. The first-order valence-electron chi connectivity index (χ1n) is 6.06. The van der Waals surface area contributed by atoms with Gasteiger partial charge in [-0.15, -0.1) is 0 Å². The first-order chi connectivity index (χ1) is 7.77. The van der Waals surface area contributed by atoms with Crippen molar-refractivity contribution in [3.63, 3.8) is 0 Å². The maximum Gasteiger partial charge on any atom is 0.237 e. The number of amides is 1. The molecule has 0 saturated carbocycles. The Hall–Kier alpha value is -1.08. The summed E-state index contributed by atoms with van der Waals surface area (Å²) in [6, 6.07) is 2.04. The number of rotatable bonds is 5. The van der Waals surface area contributed by atoms with Gasteiger partial charge in [-0.25, -0.2) is 0 Å². The quantitative estimate of drug-likeness (QED) is 0.771. The lowest BCUT2D eigenvalue weighted by molar-refractivity contribution is -0.124. The van der Waals surface area contributed by atoms with Crippen molar-refractivity contribution in [2.75, 3.05) is 13.2 Å². The minimum Gasteiger partial charge on any atom is -0.376 e. The lowest BCUT2D eigenvalue weighted by Crippen LogP contribution is -2.38. The molecular weight excluding hydrogens is 204 g/mol. The van der Waals surface area contributed by atoms with E-state index in [-0.39, 0.29) is 12.0 Å². The fourth-order valence-corrected chi connectivity index (χ4v) is 1.85. The predicted octanol–water partition coefficient (Wildman–Crippen LogP) is 1.61. The summed E-state index contributed by atoms with van der Waals surface area (Å²) >= 11 is 0. The molecule has 4 nitrogen and oxygen atoms in total. The van der Waals surface area contributed by atoms with E-state index in [9.17, 15) is 4.79 Å². The Bertz CT molecular complexity index is 254. The first-order valence-corrected chi connectivity index (χ1v) is 6.06. The molecule has 0 bridgehead atoms. The van der Waals surface area contributed by atoms with Crippen LogP contribution in [-0.2, 0) is 9.53 Å². The van der Waals surface area contributed by atoms with Gasteiger partial charge in [0.05, 0.1) is 12.2 Å². The number of ether oxygens (including phenoxy) is 1. The standard InChI is InChI=1S/C12H20N2O2/c1-2-5-10(8-13)12(15)14-9-11-6-3-4-7-16-11/h10-11H,2-7,9H2,1H3,(H,14,15). The Morgan fingerprint density at radius 2 is 2.44 bits per heavy atom. The van der Waals surface area contributed by atoms with Crippen LogP contribution in [0.1, 0.15) is 39.0 Å². The molecule has 2 atom stereocenters. The average Bonchev–Trinajstić information content (AvgIpc) is 2.34. The second-order valence-corrected chi connectivity index (χ2v) is 4.20. The molecule has 1 rings (SSSR count). The summed E-state index contributed by atoms with van der Waals surface area (Å²) in [5.74, 6) is -0.660. The van der Waals surface area contributed by atoms with Crippen LogP contribution >= 0.6 is 0 Å². The average molecular weight is 224 g/mol. The maximum absolute atomic E-state index is 11.6. The van der Waals surface area contributed by atoms with Crippen LogP contribution < -0.4 is 5.32 Å². The van der Waals surface area contributed by atoms with Crippen LogP contribution in [0.2, 0.25) is 0 Å². The Kier molecular flexibility index (Phi) is 5.87. The minimum atomic E-state index is -0.506. The molecular formula is C12H20N2O2. The normalized spacial score (nSPS) is 22.1. The first kappa shape index (κ1) is 13.0. The molecule has 0 aliphatic carbocycles. The van der Waals surface area contributed by atoms with Gasteiger partial charge in [-0.3, -0.25) is 4.79 Å². The molecule has 1 N–H and O–H groups in total. The van der Waals surface area contributed by atoms with Crippen molar-refractivity contribution >= 4 is 5.91 Å². The number of hydrogen-bond donors (Lipinski definition) is 1. The third kappa shape index (κ3) is 4.19. The van der Waals surface area contributed by atoms with Crippen molar-refractivity contribution < 1.29 is 9.53 Å². The van der Waals surface area contributed by atoms with Crippen molar-refractivity contribution in [1.29, 1.82) is 5.26 Å². The third-order valence-corrected chi connectivity index (χ3v) is 2.83. The van der Waals surface area contributed by atoms with Crippen LogP contribution in [0, 0.1) is 17.2 Å². The van der Waals surface area contributed by atoms with E-state index in [0.29, 0.717) is 13.0 Å². The fraction of sp³-hybridized carbons (Fsp3) is 0.833. The van der Waals surface area contributed by atoms with E-state index in [4.69, 9.17) is 10.00 Å². The molecule has 0 aromatic carbocycles. The molecule has 0 spiro atoms. The van der Waals surface area contributed by atoms with Crippen LogP contribution in [0.4, 0.5) is 0 Å². The minimum absolute atomic E-state index is 0.138. The SMILES string of the molecule is CCCC(C#N)C(=O)NCC1CCCCO1. The molecule has 1 heterocycles. The van der Waals surface area contributed by atoms with Crippen molar-refractivity contribution in [2.45, 2.75) is 45.1 Å². The van der Waals surface area contributed by atoms with Crippen LogP contribution in [0.25, 0.3) is 0 Å². The second-order valence-electron chi connectivity index (χ2n) is 4.20. The summed E-state index contributed by atoms with van der Waals surface area (Å²) in [5.41, 5.74) is 0. The molecule has 1 aliphatic heterocycles. The lowest BCUT2D eigenvalue weighted by Gasteiger charge is -2.23. The number of hydrogen-bond acceptors (Lipinski definition) is 3. The second kappa shape index (κ2) is 7.24. The number of carbonyl (C=O) groups is 1. The fourth-order valence-electron chi connectivity index (χ4n) is 1.85. The van der Waals surface area contributed by atoms with E-state index >= 15 is 0 Å². The van der Waals surface area contributed by atoms with Crippen LogP contribution in [0.5, 0.6) is 0 Å². The van der Waals surface area contributed by atoms with E-state index in [1.54, 1.807) is 0 Å². The van der Waals surface area contributed by atoms with Gasteiger partial charge in [0.15, 0.2) is 0 Å². The molecule has 0 aromatic heterocycles. The summed E-state index contributed by atoms with van der Waals surface area (Å²) in [7, 11) is 0. The van der Waals surface area contributed by atoms with Gasteiger partial charge in [-0.05, 0) is 25.7 Å². The van der Waals surface area contributed by atoms with Crippen molar-refractivity contribution in [2.24, 2.45) is 5.92 Å². The van der Waals surface area contributed by atoms with Gasteiger partial charge in [0.2, 0.25) is 5.91 Å². The number of carbonyl (C=O) groups excluding carboxylic acids is 1. The van der Waals surface area contributed by atoms with Gasteiger partial charge < -0.3 is 10.1 Å². The van der Waals surface area contributed by atoms with E-state index in [2.05, 4.69) is 5.32 Å². The van der Waals surface area contributed by atoms with Crippen LogP contribution in [0.15, 0.2) is 0 Å². The monoisotopic (exact) mass is 224 g/mol. The zero-order chi connectivity index (χ0) is 11.8. The van der Waals surface area contributed by atoms with Gasteiger partial charge in [-0.2, -0.15) is 5.26 Å². The van der Waals surface area contributed by atoms with Gasteiger partial charge in [0.25, 0.3) is 0 Å². The lowest BCUT2D eigenvalue weighted by atomic mass is 10.0. The molecule has 1 fully saturated rings. The Morgan fingerprint density at radius 1 is 1.62 bits per heavy atom. The van der Waals surface area contributed by atoms with Crippen LogP contribution in [-0.4, -0.2) is 25.2 Å². The molecule has 2 unspecified atom stereocenters. The number of nitrogens with zero attached hydrogens (tertiary/aromatic N) is 1. The van der Waals surface area contributed by atoms with Crippen molar-refractivity contribution in [3.05, 3.63) is 0 Å². The highest BCUT2D eigenvalue weighted by Crippen LogP contribution is 2.12. The summed E-state index contributed by atoms with van der Waals surface area (Å²) in [4.78, 5) is 11.6. The van der Waals surface area contributed by atoms with Gasteiger partial charge in [0, 0.05) is 13.2 Å². The summed E-state index contributed by atoms with van der Waals surface area (Å²) in [5, 5.41) is 11.6. The molecule has 0 radical (unpaired) electrons. The molecule has 16 heavy (non-hydrogen) atoms. The molecule has 1 aliphatic rings. The molecule has 0 aromatic rings. The topological polar surface area (TPSA) is 62.1 Å². The molecule has 90 valence electrons. The van der Waals surface area contributed by atoms with E-state index in [1.807, 2.05) is 13.0 Å². The Morgan fingerprint density at radius 3 is 3.00 bits per heavy atom. The highest BCUT2D eigenvalue weighted by Gasteiger charge is 2.19. The zero-order valence-electron chi connectivity index (χ0n) is 9.87. The Labute approximate surface area is 97.0 Å². The summed E-state index contributed by atoms with van der Waals surface area (Å²) < 4.78 is 5.50. The zero-order valence-corrected chi connectivity index (χ0v) is 9.87. The Balaban J connectivity index is 2.25. The largest absolute Gasteiger partial charge is 0.376 e. The smallest absolute Gasteiger partial charge is 0.237 e. The van der Waals surface area contributed by atoms with Crippen molar-refractivity contribution in [1.82, 2.24) is 5.32 Å².